The Hall–Kier alpha value is -2.18. The van der Waals surface area contributed by atoms with Crippen molar-refractivity contribution in [3.8, 4) is 0 Å². The summed E-state index contributed by atoms with van der Waals surface area (Å²) in [6.45, 7) is 4.42. The summed E-state index contributed by atoms with van der Waals surface area (Å²) in [4.78, 5) is 24.0. The van der Waals surface area contributed by atoms with Crippen LogP contribution in [0.1, 0.15) is 16.1 Å². The summed E-state index contributed by atoms with van der Waals surface area (Å²) in [6.07, 6.45) is 3.06. The van der Waals surface area contributed by atoms with E-state index >= 15 is 0 Å². The maximum absolute atomic E-state index is 11.2. The standard InChI is InChI=1S/C16H18ClN5O/c17-13-3-1-12(2-4-13)11-21-5-7-22(8-6-21)15-10-19-9-14(20-15)16(18)23/h1-4,9-10H,5-8,11H2,(H2,18,23). The second kappa shape index (κ2) is 6.93. The summed E-state index contributed by atoms with van der Waals surface area (Å²) in [5.41, 5.74) is 6.70. The largest absolute Gasteiger partial charge is 0.364 e. The number of anilines is 1. The second-order valence-electron chi connectivity index (χ2n) is 5.52. The van der Waals surface area contributed by atoms with Gasteiger partial charge < -0.3 is 10.6 Å². The molecule has 2 heterocycles. The fourth-order valence-electron chi connectivity index (χ4n) is 2.61. The molecule has 0 saturated carbocycles. The number of nitrogens with zero attached hydrogens (tertiary/aromatic N) is 4. The minimum atomic E-state index is -0.555. The number of piperazine rings is 1. The predicted molar refractivity (Wildman–Crippen MR) is 89.5 cm³/mol. The van der Waals surface area contributed by atoms with E-state index in [0.29, 0.717) is 5.82 Å². The number of halogens is 1. The van der Waals surface area contributed by atoms with E-state index in [4.69, 9.17) is 17.3 Å². The van der Waals surface area contributed by atoms with Gasteiger partial charge in [-0.05, 0) is 17.7 Å². The third kappa shape index (κ3) is 3.97. The van der Waals surface area contributed by atoms with E-state index < -0.39 is 5.91 Å². The Morgan fingerprint density at radius 3 is 2.48 bits per heavy atom. The maximum atomic E-state index is 11.2. The zero-order valence-electron chi connectivity index (χ0n) is 12.7. The van der Waals surface area contributed by atoms with Crippen LogP contribution in [0.3, 0.4) is 0 Å². The summed E-state index contributed by atoms with van der Waals surface area (Å²) in [6, 6.07) is 7.93. The first-order valence-electron chi connectivity index (χ1n) is 7.45. The minimum Gasteiger partial charge on any atom is -0.364 e. The minimum absolute atomic E-state index is 0.200. The molecule has 1 amide bonds. The Balaban J connectivity index is 1.59. The molecule has 1 aliphatic heterocycles. The van der Waals surface area contributed by atoms with E-state index in [1.165, 1.54) is 11.8 Å². The number of benzene rings is 1. The van der Waals surface area contributed by atoms with Crippen LogP contribution in [-0.2, 0) is 6.54 Å². The van der Waals surface area contributed by atoms with Crippen molar-refractivity contribution < 1.29 is 4.79 Å². The maximum Gasteiger partial charge on any atom is 0.268 e. The molecule has 0 bridgehead atoms. The van der Waals surface area contributed by atoms with Crippen molar-refractivity contribution >= 4 is 23.3 Å². The van der Waals surface area contributed by atoms with Crippen molar-refractivity contribution in [3.63, 3.8) is 0 Å². The van der Waals surface area contributed by atoms with Crippen LogP contribution in [0.2, 0.25) is 5.02 Å². The van der Waals surface area contributed by atoms with Gasteiger partial charge in [-0.3, -0.25) is 14.7 Å². The lowest BCUT2D eigenvalue weighted by atomic mass is 10.2. The topological polar surface area (TPSA) is 75.4 Å². The van der Waals surface area contributed by atoms with Crippen LogP contribution in [0.5, 0.6) is 0 Å². The van der Waals surface area contributed by atoms with Gasteiger partial charge in [0.2, 0.25) is 0 Å². The third-order valence-electron chi connectivity index (χ3n) is 3.89. The molecule has 3 rings (SSSR count). The summed E-state index contributed by atoms with van der Waals surface area (Å²) in [5.74, 6) is 0.146. The number of hydrogen-bond donors (Lipinski definition) is 1. The molecule has 1 aromatic heterocycles. The Morgan fingerprint density at radius 2 is 1.83 bits per heavy atom. The SMILES string of the molecule is NC(=O)c1cncc(N2CCN(Cc3ccc(Cl)cc3)CC2)n1. The monoisotopic (exact) mass is 331 g/mol. The van der Waals surface area contributed by atoms with Crippen molar-refractivity contribution in [2.75, 3.05) is 31.1 Å². The number of aromatic nitrogens is 2. The Bertz CT molecular complexity index is 683. The van der Waals surface area contributed by atoms with Crippen LogP contribution in [0, 0.1) is 0 Å². The number of carbonyl (C=O) groups is 1. The lowest BCUT2D eigenvalue weighted by Gasteiger charge is -2.35. The van der Waals surface area contributed by atoms with Gasteiger partial charge in [0.25, 0.3) is 5.91 Å². The fraction of sp³-hybridized carbons (Fsp3) is 0.312. The number of primary amides is 1. The van der Waals surface area contributed by atoms with Crippen LogP contribution >= 0.6 is 11.6 Å². The highest BCUT2D eigenvalue weighted by Crippen LogP contribution is 2.16. The van der Waals surface area contributed by atoms with Gasteiger partial charge in [0, 0.05) is 37.7 Å². The molecule has 0 spiro atoms. The number of rotatable bonds is 4. The van der Waals surface area contributed by atoms with E-state index in [2.05, 4.69) is 31.9 Å². The van der Waals surface area contributed by atoms with Crippen molar-refractivity contribution in [1.29, 1.82) is 0 Å². The normalized spacial score (nSPS) is 15.6. The van der Waals surface area contributed by atoms with Gasteiger partial charge in [0.1, 0.15) is 11.5 Å². The number of hydrogen-bond acceptors (Lipinski definition) is 5. The molecular weight excluding hydrogens is 314 g/mol. The van der Waals surface area contributed by atoms with E-state index in [1.807, 2.05) is 12.1 Å². The molecule has 0 unspecified atom stereocenters. The average Bonchev–Trinajstić information content (AvgIpc) is 2.58. The van der Waals surface area contributed by atoms with E-state index in [9.17, 15) is 4.79 Å². The highest BCUT2D eigenvalue weighted by atomic mass is 35.5. The fourth-order valence-corrected chi connectivity index (χ4v) is 2.74. The van der Waals surface area contributed by atoms with E-state index in [0.717, 1.165) is 37.7 Å². The summed E-state index contributed by atoms with van der Waals surface area (Å²) < 4.78 is 0. The van der Waals surface area contributed by atoms with E-state index in [1.54, 1.807) is 6.20 Å². The van der Waals surface area contributed by atoms with Gasteiger partial charge in [-0.25, -0.2) is 4.98 Å². The van der Waals surface area contributed by atoms with Crippen LogP contribution in [0.15, 0.2) is 36.7 Å². The molecule has 23 heavy (non-hydrogen) atoms. The predicted octanol–water partition coefficient (Wildman–Crippen LogP) is 1.55. The van der Waals surface area contributed by atoms with Crippen molar-refractivity contribution in [2.45, 2.75) is 6.54 Å². The van der Waals surface area contributed by atoms with Gasteiger partial charge in [-0.1, -0.05) is 23.7 Å². The molecule has 120 valence electrons. The molecule has 1 saturated heterocycles. The molecule has 0 radical (unpaired) electrons. The molecule has 1 aromatic carbocycles. The van der Waals surface area contributed by atoms with Gasteiger partial charge in [-0.15, -0.1) is 0 Å². The van der Waals surface area contributed by atoms with E-state index in [-0.39, 0.29) is 5.69 Å². The second-order valence-corrected chi connectivity index (χ2v) is 5.95. The number of nitrogens with two attached hydrogens (primary N) is 1. The summed E-state index contributed by atoms with van der Waals surface area (Å²) in [5, 5.41) is 0.756. The van der Waals surface area contributed by atoms with Gasteiger partial charge in [0.15, 0.2) is 0 Å². The molecule has 1 aliphatic rings. The van der Waals surface area contributed by atoms with Gasteiger partial charge in [0.05, 0.1) is 12.4 Å². The highest BCUT2D eigenvalue weighted by Gasteiger charge is 2.19. The van der Waals surface area contributed by atoms with Crippen LogP contribution in [0.25, 0.3) is 0 Å². The van der Waals surface area contributed by atoms with Gasteiger partial charge >= 0.3 is 0 Å². The first kappa shape index (κ1) is 15.7. The highest BCUT2D eigenvalue weighted by molar-refractivity contribution is 6.30. The average molecular weight is 332 g/mol. The quantitative estimate of drug-likeness (QED) is 0.920. The van der Waals surface area contributed by atoms with Crippen molar-refractivity contribution in [2.24, 2.45) is 5.73 Å². The number of carbonyl (C=O) groups excluding carboxylic acids is 1. The number of amides is 1. The molecule has 1 fully saturated rings. The Kier molecular flexibility index (Phi) is 4.73. The van der Waals surface area contributed by atoms with Crippen molar-refractivity contribution in [3.05, 3.63) is 52.9 Å². The molecular formula is C16H18ClN5O. The summed E-state index contributed by atoms with van der Waals surface area (Å²) >= 11 is 5.91. The smallest absolute Gasteiger partial charge is 0.268 e. The molecule has 0 aliphatic carbocycles. The molecule has 0 atom stereocenters. The van der Waals surface area contributed by atoms with Crippen LogP contribution in [0.4, 0.5) is 5.82 Å². The lowest BCUT2D eigenvalue weighted by molar-refractivity contribution is 0.0995. The zero-order valence-corrected chi connectivity index (χ0v) is 13.4. The molecule has 2 aromatic rings. The van der Waals surface area contributed by atoms with Gasteiger partial charge in [-0.2, -0.15) is 0 Å². The van der Waals surface area contributed by atoms with Crippen molar-refractivity contribution in [1.82, 2.24) is 14.9 Å². The molecule has 2 N–H and O–H groups in total. The lowest BCUT2D eigenvalue weighted by Crippen LogP contribution is -2.46. The zero-order chi connectivity index (χ0) is 16.2. The Labute approximate surface area is 139 Å². The molecule has 7 heteroatoms. The first-order valence-corrected chi connectivity index (χ1v) is 7.83. The van der Waals surface area contributed by atoms with Crippen LogP contribution < -0.4 is 10.6 Å². The first-order chi connectivity index (χ1) is 11.1. The summed E-state index contributed by atoms with van der Waals surface area (Å²) in [7, 11) is 0. The Morgan fingerprint density at radius 1 is 1.13 bits per heavy atom. The van der Waals surface area contributed by atoms with Crippen LogP contribution in [-0.4, -0.2) is 47.0 Å². The molecule has 6 nitrogen and oxygen atoms in total. The third-order valence-corrected chi connectivity index (χ3v) is 4.14.